The van der Waals surface area contributed by atoms with Crippen molar-refractivity contribution in [2.75, 3.05) is 44.6 Å². The van der Waals surface area contributed by atoms with Gasteiger partial charge >= 0.3 is 0 Å². The number of hydrogen-bond donors (Lipinski definition) is 1. The van der Waals surface area contributed by atoms with Gasteiger partial charge in [-0.15, -0.1) is 0 Å². The number of carbonyl (C=O) groups is 1. The number of benzene rings is 2. The van der Waals surface area contributed by atoms with Gasteiger partial charge in [0, 0.05) is 12.6 Å². The predicted octanol–water partition coefficient (Wildman–Crippen LogP) is 2.74. The Morgan fingerprint density at radius 2 is 1.84 bits per heavy atom. The lowest BCUT2D eigenvalue weighted by atomic mass is 9.94. The van der Waals surface area contributed by atoms with E-state index in [1.165, 1.54) is 19.2 Å². The van der Waals surface area contributed by atoms with Crippen molar-refractivity contribution in [2.24, 2.45) is 5.92 Å². The maximum Gasteiger partial charge on any atom is 0.264 e. The lowest BCUT2D eigenvalue weighted by Crippen LogP contribution is -2.41. The van der Waals surface area contributed by atoms with Crippen molar-refractivity contribution in [3.63, 3.8) is 0 Å². The number of amides is 1. The maximum atomic E-state index is 13.3. The van der Waals surface area contributed by atoms with Crippen LogP contribution < -0.4 is 14.4 Å². The number of likely N-dealkylation sites (tertiary alicyclic amines) is 1. The number of methoxy groups -OCH3 is 1. The molecule has 0 saturated carbocycles. The van der Waals surface area contributed by atoms with Crippen molar-refractivity contribution in [1.29, 1.82) is 0 Å². The zero-order valence-electron chi connectivity index (χ0n) is 18.2. The van der Waals surface area contributed by atoms with Crippen LogP contribution >= 0.6 is 0 Å². The third-order valence-corrected chi connectivity index (χ3v) is 7.46. The summed E-state index contributed by atoms with van der Waals surface area (Å²) in [5.41, 5.74) is 0.383. The number of hydrogen-bond acceptors (Lipinski definition) is 5. The molecule has 0 bridgehead atoms. The molecule has 0 aliphatic carbocycles. The summed E-state index contributed by atoms with van der Waals surface area (Å²) in [4.78, 5) is 15.1. The van der Waals surface area contributed by atoms with E-state index in [9.17, 15) is 13.2 Å². The lowest BCUT2D eigenvalue weighted by molar-refractivity contribution is -0.119. The molecule has 1 fully saturated rings. The molecule has 7 nitrogen and oxygen atoms in total. The molecule has 1 heterocycles. The summed E-state index contributed by atoms with van der Waals surface area (Å²) in [5.74, 6) is 0.794. The molecule has 1 amide bonds. The number of nitrogens with zero attached hydrogens (tertiary/aromatic N) is 2. The van der Waals surface area contributed by atoms with Gasteiger partial charge in [0.1, 0.15) is 12.3 Å². The Morgan fingerprint density at radius 3 is 2.52 bits per heavy atom. The average molecular weight is 446 g/mol. The van der Waals surface area contributed by atoms with Crippen LogP contribution in [0.4, 0.5) is 5.69 Å². The first-order chi connectivity index (χ1) is 14.9. The minimum Gasteiger partial charge on any atom is -0.497 e. The van der Waals surface area contributed by atoms with Crippen molar-refractivity contribution >= 4 is 21.6 Å². The molecule has 0 unspecified atom stereocenters. The summed E-state index contributed by atoms with van der Waals surface area (Å²) in [5, 5.41) is 2.90. The first-order valence-corrected chi connectivity index (χ1v) is 12.0. The van der Waals surface area contributed by atoms with Gasteiger partial charge in [0.15, 0.2) is 0 Å². The second-order valence-electron chi connectivity index (χ2n) is 7.91. The number of rotatable bonds is 9. The van der Waals surface area contributed by atoms with E-state index in [1.54, 1.807) is 42.5 Å². The van der Waals surface area contributed by atoms with E-state index >= 15 is 0 Å². The summed E-state index contributed by atoms with van der Waals surface area (Å²) < 4.78 is 33.0. The summed E-state index contributed by atoms with van der Waals surface area (Å²) >= 11 is 0. The van der Waals surface area contributed by atoms with Crippen LogP contribution in [0.1, 0.15) is 19.3 Å². The van der Waals surface area contributed by atoms with Gasteiger partial charge < -0.3 is 15.0 Å². The van der Waals surface area contributed by atoms with Crippen LogP contribution in [-0.4, -0.2) is 59.6 Å². The molecule has 1 N–H and O–H groups in total. The topological polar surface area (TPSA) is 79.0 Å². The fourth-order valence-corrected chi connectivity index (χ4v) is 5.19. The monoisotopic (exact) mass is 445 g/mol. The van der Waals surface area contributed by atoms with Crippen molar-refractivity contribution < 1.29 is 17.9 Å². The van der Waals surface area contributed by atoms with E-state index < -0.39 is 10.0 Å². The first-order valence-electron chi connectivity index (χ1n) is 10.6. The largest absolute Gasteiger partial charge is 0.497 e. The first kappa shape index (κ1) is 23.1. The van der Waals surface area contributed by atoms with Gasteiger partial charge in [-0.3, -0.25) is 9.10 Å². The Hall–Kier alpha value is -2.58. The highest BCUT2D eigenvalue weighted by Gasteiger charge is 2.27. The standard InChI is InChI=1S/C23H31N3O4S/c1-25-15-12-19(13-16-25)11-14-24-23(27)18-26(20-7-6-8-21(17-20)30-2)31(28,29)22-9-4-3-5-10-22/h3-10,17,19H,11-16,18H2,1-2H3,(H,24,27). The number of sulfonamides is 1. The van der Waals surface area contributed by atoms with Crippen molar-refractivity contribution in [3.05, 3.63) is 54.6 Å². The van der Waals surface area contributed by atoms with Crippen molar-refractivity contribution in [2.45, 2.75) is 24.2 Å². The number of ether oxygens (including phenoxy) is 1. The molecule has 0 radical (unpaired) electrons. The molecule has 0 atom stereocenters. The highest BCUT2D eigenvalue weighted by Crippen LogP contribution is 2.27. The smallest absolute Gasteiger partial charge is 0.264 e. The molecule has 31 heavy (non-hydrogen) atoms. The second-order valence-corrected chi connectivity index (χ2v) is 9.77. The van der Waals surface area contributed by atoms with Crippen molar-refractivity contribution in [3.8, 4) is 5.75 Å². The molecule has 2 aromatic rings. The number of anilines is 1. The fourth-order valence-electron chi connectivity index (χ4n) is 3.75. The molecule has 168 valence electrons. The van der Waals surface area contributed by atoms with Crippen LogP contribution in [0, 0.1) is 5.92 Å². The van der Waals surface area contributed by atoms with Gasteiger partial charge in [-0.1, -0.05) is 24.3 Å². The highest BCUT2D eigenvalue weighted by molar-refractivity contribution is 7.92. The summed E-state index contributed by atoms with van der Waals surface area (Å²) in [6, 6.07) is 14.9. The minimum absolute atomic E-state index is 0.136. The number of piperidine rings is 1. The Morgan fingerprint density at radius 1 is 1.13 bits per heavy atom. The van der Waals surface area contributed by atoms with Crippen LogP contribution in [-0.2, 0) is 14.8 Å². The van der Waals surface area contributed by atoms with Gasteiger partial charge in [0.2, 0.25) is 5.91 Å². The van der Waals surface area contributed by atoms with E-state index in [4.69, 9.17) is 4.74 Å². The number of carbonyl (C=O) groups excluding carboxylic acids is 1. The zero-order valence-corrected chi connectivity index (χ0v) is 19.0. The van der Waals surface area contributed by atoms with Crippen LogP contribution in [0.5, 0.6) is 5.75 Å². The van der Waals surface area contributed by atoms with E-state index in [-0.39, 0.29) is 17.3 Å². The SMILES string of the molecule is COc1cccc(N(CC(=O)NCCC2CCN(C)CC2)S(=O)(=O)c2ccccc2)c1. The molecular weight excluding hydrogens is 414 g/mol. The van der Waals surface area contributed by atoms with Crippen LogP contribution in [0.2, 0.25) is 0 Å². The summed E-state index contributed by atoms with van der Waals surface area (Å²) in [6.45, 7) is 2.41. The van der Waals surface area contributed by atoms with Crippen LogP contribution in [0.25, 0.3) is 0 Å². The van der Waals surface area contributed by atoms with Gasteiger partial charge in [-0.2, -0.15) is 0 Å². The molecule has 2 aromatic carbocycles. The molecule has 3 rings (SSSR count). The van der Waals surface area contributed by atoms with Crippen molar-refractivity contribution in [1.82, 2.24) is 10.2 Å². The van der Waals surface area contributed by atoms with Gasteiger partial charge in [-0.25, -0.2) is 8.42 Å². The molecule has 1 aliphatic rings. The normalized spacial score (nSPS) is 15.4. The molecule has 0 spiro atoms. The maximum absolute atomic E-state index is 13.3. The molecule has 1 saturated heterocycles. The van der Waals surface area contributed by atoms with E-state index in [0.29, 0.717) is 23.9 Å². The third-order valence-electron chi connectivity index (χ3n) is 5.67. The molecule has 1 aliphatic heterocycles. The second kappa shape index (κ2) is 10.6. The Kier molecular flexibility index (Phi) is 7.92. The third kappa shape index (κ3) is 6.21. The minimum atomic E-state index is -3.91. The number of nitrogens with one attached hydrogen (secondary N) is 1. The van der Waals surface area contributed by atoms with E-state index in [2.05, 4.69) is 17.3 Å². The molecule has 8 heteroatoms. The van der Waals surface area contributed by atoms with E-state index in [0.717, 1.165) is 36.7 Å². The van der Waals surface area contributed by atoms with E-state index in [1.807, 2.05) is 0 Å². The quantitative estimate of drug-likeness (QED) is 0.642. The molecular formula is C23H31N3O4S. The zero-order chi connectivity index (χ0) is 22.3. The van der Waals surface area contributed by atoms with Gasteiger partial charge in [0.25, 0.3) is 10.0 Å². The summed E-state index contributed by atoms with van der Waals surface area (Å²) in [7, 11) is -0.272. The average Bonchev–Trinajstić information content (AvgIpc) is 2.79. The Bertz CT molecular complexity index is 958. The van der Waals surface area contributed by atoms with Gasteiger partial charge in [0.05, 0.1) is 17.7 Å². The van der Waals surface area contributed by atoms with Gasteiger partial charge in [-0.05, 0) is 69.6 Å². The van der Waals surface area contributed by atoms with Crippen LogP contribution in [0.3, 0.4) is 0 Å². The lowest BCUT2D eigenvalue weighted by Gasteiger charge is -2.29. The summed E-state index contributed by atoms with van der Waals surface area (Å²) in [6.07, 6.45) is 3.17. The fraction of sp³-hybridized carbons (Fsp3) is 0.435. The van der Waals surface area contributed by atoms with Crippen LogP contribution in [0.15, 0.2) is 59.5 Å². The Balaban J connectivity index is 1.71. The predicted molar refractivity (Wildman–Crippen MR) is 122 cm³/mol. The Labute approximate surface area is 185 Å². The highest BCUT2D eigenvalue weighted by atomic mass is 32.2. The molecule has 0 aromatic heterocycles.